The quantitative estimate of drug-likeness (QED) is 0.935. The monoisotopic (exact) mass is 339 g/mol. The first-order valence-corrected chi connectivity index (χ1v) is 9.23. The zero-order valence-electron chi connectivity index (χ0n) is 14.7. The van der Waals surface area contributed by atoms with E-state index < -0.39 is 0 Å². The van der Waals surface area contributed by atoms with Crippen molar-refractivity contribution < 1.29 is 4.79 Å². The van der Waals surface area contributed by atoms with Crippen LogP contribution in [0.2, 0.25) is 0 Å². The highest BCUT2D eigenvalue weighted by molar-refractivity contribution is 5.74. The summed E-state index contributed by atoms with van der Waals surface area (Å²) in [6.07, 6.45) is 6.56. The molecule has 2 aliphatic rings. The van der Waals surface area contributed by atoms with E-state index in [0.29, 0.717) is 6.54 Å². The molecule has 1 atom stereocenters. The molecule has 4 rings (SSSR count). The van der Waals surface area contributed by atoms with Gasteiger partial charge < -0.3 is 14.8 Å². The molecule has 6 nitrogen and oxygen atoms in total. The van der Waals surface area contributed by atoms with E-state index in [0.717, 1.165) is 50.3 Å². The fourth-order valence-corrected chi connectivity index (χ4v) is 4.05. The summed E-state index contributed by atoms with van der Waals surface area (Å²) in [5.41, 5.74) is 2.65. The number of benzene rings is 1. The van der Waals surface area contributed by atoms with Gasteiger partial charge in [0.1, 0.15) is 5.82 Å². The summed E-state index contributed by atoms with van der Waals surface area (Å²) in [5.74, 6) is 1.91. The molecule has 2 aromatic rings. The number of aryl methyl sites for hydroxylation is 2. The summed E-state index contributed by atoms with van der Waals surface area (Å²) in [6.45, 7) is 1.39. The lowest BCUT2D eigenvalue weighted by molar-refractivity contribution is 0.183. The highest BCUT2D eigenvalue weighted by Gasteiger charge is 2.26. The van der Waals surface area contributed by atoms with E-state index in [4.69, 9.17) is 0 Å². The number of fused-ring (bicyclic) bond motifs is 2. The summed E-state index contributed by atoms with van der Waals surface area (Å²) in [6, 6.07) is 8.57. The molecular weight excluding hydrogens is 314 g/mol. The molecule has 0 saturated carbocycles. The third-order valence-electron chi connectivity index (χ3n) is 5.46. The van der Waals surface area contributed by atoms with Crippen molar-refractivity contribution in [2.24, 2.45) is 0 Å². The Balaban J connectivity index is 1.42. The Morgan fingerprint density at radius 3 is 3.04 bits per heavy atom. The van der Waals surface area contributed by atoms with Crippen LogP contribution in [0.4, 0.5) is 4.79 Å². The van der Waals surface area contributed by atoms with Gasteiger partial charge in [-0.05, 0) is 43.2 Å². The number of hydrogen-bond donors (Lipinski definition) is 1. The smallest absolute Gasteiger partial charge is 0.318 e. The molecule has 132 valence electrons. The standard InChI is InChI=1S/C19H25N5O/c1-23(16-10-6-8-14-7-2-3-9-15(14)16)19(25)20-13-18-22-21-17-11-4-5-12-24(17)18/h2-3,7,9,16H,4-6,8,10-13H2,1H3,(H,20,25). The first-order chi connectivity index (χ1) is 12.2. The molecule has 1 aliphatic heterocycles. The van der Waals surface area contributed by atoms with Crippen LogP contribution in [0.3, 0.4) is 0 Å². The lowest BCUT2D eigenvalue weighted by atomic mass is 9.87. The highest BCUT2D eigenvalue weighted by atomic mass is 16.2. The van der Waals surface area contributed by atoms with Crippen molar-refractivity contribution in [1.29, 1.82) is 0 Å². The van der Waals surface area contributed by atoms with Crippen LogP contribution in [-0.4, -0.2) is 32.7 Å². The second kappa shape index (κ2) is 6.86. The molecule has 0 fully saturated rings. The van der Waals surface area contributed by atoms with E-state index in [2.05, 4.69) is 44.3 Å². The molecular formula is C19H25N5O. The summed E-state index contributed by atoms with van der Waals surface area (Å²) < 4.78 is 2.15. The van der Waals surface area contributed by atoms with Gasteiger partial charge in [-0.3, -0.25) is 0 Å². The van der Waals surface area contributed by atoms with Gasteiger partial charge in [0.25, 0.3) is 0 Å². The van der Waals surface area contributed by atoms with Crippen molar-refractivity contribution in [2.75, 3.05) is 7.05 Å². The maximum absolute atomic E-state index is 12.7. The van der Waals surface area contributed by atoms with E-state index >= 15 is 0 Å². The third-order valence-corrected chi connectivity index (χ3v) is 5.46. The Kier molecular flexibility index (Phi) is 4.42. The zero-order valence-corrected chi connectivity index (χ0v) is 14.7. The molecule has 0 spiro atoms. The van der Waals surface area contributed by atoms with Crippen molar-refractivity contribution >= 4 is 6.03 Å². The van der Waals surface area contributed by atoms with Crippen LogP contribution in [0.5, 0.6) is 0 Å². The second-order valence-corrected chi connectivity index (χ2v) is 7.02. The number of amides is 2. The minimum absolute atomic E-state index is 0.0464. The third kappa shape index (κ3) is 3.13. The van der Waals surface area contributed by atoms with Gasteiger partial charge in [-0.25, -0.2) is 4.79 Å². The van der Waals surface area contributed by atoms with Crippen LogP contribution < -0.4 is 5.32 Å². The summed E-state index contributed by atoms with van der Waals surface area (Å²) in [4.78, 5) is 14.5. The van der Waals surface area contributed by atoms with Crippen LogP contribution >= 0.6 is 0 Å². The first-order valence-electron chi connectivity index (χ1n) is 9.23. The Bertz CT molecular complexity index is 769. The van der Waals surface area contributed by atoms with Crippen LogP contribution in [0.1, 0.15) is 54.5 Å². The van der Waals surface area contributed by atoms with E-state index in [-0.39, 0.29) is 12.1 Å². The van der Waals surface area contributed by atoms with Gasteiger partial charge >= 0.3 is 6.03 Å². The Morgan fingerprint density at radius 2 is 2.12 bits per heavy atom. The zero-order chi connectivity index (χ0) is 17.2. The van der Waals surface area contributed by atoms with Crippen molar-refractivity contribution in [3.05, 3.63) is 47.0 Å². The Labute approximate surface area is 148 Å². The highest BCUT2D eigenvalue weighted by Crippen LogP contribution is 2.33. The van der Waals surface area contributed by atoms with Crippen LogP contribution in [-0.2, 0) is 25.9 Å². The van der Waals surface area contributed by atoms with Gasteiger partial charge in [-0.15, -0.1) is 10.2 Å². The molecule has 0 bridgehead atoms. The lowest BCUT2D eigenvalue weighted by Crippen LogP contribution is -2.40. The maximum atomic E-state index is 12.7. The molecule has 1 aromatic carbocycles. The molecule has 1 aliphatic carbocycles. The predicted octanol–water partition coefficient (Wildman–Crippen LogP) is 2.83. The van der Waals surface area contributed by atoms with E-state index in [1.165, 1.54) is 17.5 Å². The molecule has 6 heteroatoms. The minimum atomic E-state index is -0.0464. The molecule has 0 saturated heterocycles. The lowest BCUT2D eigenvalue weighted by Gasteiger charge is -2.33. The second-order valence-electron chi connectivity index (χ2n) is 7.02. The molecule has 1 N–H and O–H groups in total. The fourth-order valence-electron chi connectivity index (χ4n) is 4.05. The number of urea groups is 1. The maximum Gasteiger partial charge on any atom is 0.318 e. The fraction of sp³-hybridized carbons (Fsp3) is 0.526. The van der Waals surface area contributed by atoms with E-state index in [1.807, 2.05) is 11.9 Å². The average Bonchev–Trinajstić information content (AvgIpc) is 3.08. The molecule has 1 unspecified atom stereocenters. The van der Waals surface area contributed by atoms with Crippen LogP contribution in [0.25, 0.3) is 0 Å². The number of nitrogens with zero attached hydrogens (tertiary/aromatic N) is 4. The molecule has 25 heavy (non-hydrogen) atoms. The van der Waals surface area contributed by atoms with Gasteiger partial charge in [-0.2, -0.15) is 0 Å². The van der Waals surface area contributed by atoms with Crippen molar-refractivity contribution in [3.63, 3.8) is 0 Å². The van der Waals surface area contributed by atoms with Crippen molar-refractivity contribution in [2.45, 2.75) is 57.7 Å². The Hall–Kier alpha value is -2.37. The molecule has 2 amide bonds. The number of nitrogens with one attached hydrogen (secondary N) is 1. The van der Waals surface area contributed by atoms with Gasteiger partial charge in [0.15, 0.2) is 5.82 Å². The molecule has 2 heterocycles. The largest absolute Gasteiger partial charge is 0.331 e. The number of aromatic nitrogens is 3. The van der Waals surface area contributed by atoms with Gasteiger partial charge in [0.2, 0.25) is 0 Å². The van der Waals surface area contributed by atoms with Gasteiger partial charge in [0.05, 0.1) is 12.6 Å². The number of hydrogen-bond acceptors (Lipinski definition) is 3. The number of rotatable bonds is 3. The number of carbonyl (C=O) groups excluding carboxylic acids is 1. The predicted molar refractivity (Wildman–Crippen MR) is 95.1 cm³/mol. The Morgan fingerprint density at radius 1 is 1.24 bits per heavy atom. The van der Waals surface area contributed by atoms with Gasteiger partial charge in [0, 0.05) is 20.0 Å². The first kappa shape index (κ1) is 16.1. The van der Waals surface area contributed by atoms with Crippen LogP contribution in [0, 0.1) is 0 Å². The van der Waals surface area contributed by atoms with E-state index in [9.17, 15) is 4.79 Å². The summed E-state index contributed by atoms with van der Waals surface area (Å²) >= 11 is 0. The summed E-state index contributed by atoms with van der Waals surface area (Å²) in [5, 5.41) is 11.5. The van der Waals surface area contributed by atoms with Crippen molar-refractivity contribution in [3.8, 4) is 0 Å². The number of carbonyl (C=O) groups is 1. The average molecular weight is 339 g/mol. The molecule has 1 aromatic heterocycles. The SMILES string of the molecule is CN(C(=O)NCc1nnc2n1CCCC2)C1CCCc2ccccc21. The minimum Gasteiger partial charge on any atom is -0.331 e. The summed E-state index contributed by atoms with van der Waals surface area (Å²) in [7, 11) is 1.89. The van der Waals surface area contributed by atoms with Crippen molar-refractivity contribution in [1.82, 2.24) is 25.0 Å². The van der Waals surface area contributed by atoms with E-state index in [1.54, 1.807) is 0 Å². The van der Waals surface area contributed by atoms with Crippen LogP contribution in [0.15, 0.2) is 24.3 Å². The molecule has 0 radical (unpaired) electrons. The normalized spacial score (nSPS) is 19.0. The topological polar surface area (TPSA) is 63.1 Å². The van der Waals surface area contributed by atoms with Gasteiger partial charge in [-0.1, -0.05) is 24.3 Å².